The second-order valence-electron chi connectivity index (χ2n) is 27.2. The van der Waals surface area contributed by atoms with Crippen molar-refractivity contribution in [1.29, 1.82) is 5.26 Å². The second kappa shape index (κ2) is 27.0. The number of hydrogen-bond acceptors (Lipinski definition) is 11. The van der Waals surface area contributed by atoms with Crippen molar-refractivity contribution in [2.75, 3.05) is 9.80 Å². The number of benzene rings is 14. The Bertz CT molecular complexity index is 6430. The lowest BCUT2D eigenvalue weighted by atomic mass is 9.33. The van der Waals surface area contributed by atoms with Crippen LogP contribution in [0, 0.1) is 17.9 Å². The van der Waals surface area contributed by atoms with Crippen LogP contribution in [0.25, 0.3) is 146 Å². The summed E-state index contributed by atoms with van der Waals surface area (Å²) in [4.78, 5) is 51.4. The van der Waals surface area contributed by atoms with Gasteiger partial charge in [0.15, 0.2) is 46.5 Å². The average molecular weight is 1400 g/mol. The third kappa shape index (κ3) is 11.4. The molecule has 0 radical (unpaired) electrons. The van der Waals surface area contributed by atoms with Gasteiger partial charge < -0.3 is 14.4 Å². The van der Waals surface area contributed by atoms with Gasteiger partial charge >= 0.3 is 0 Å². The molecule has 13 nitrogen and oxygen atoms in total. The highest BCUT2D eigenvalue weighted by Crippen LogP contribution is 2.49. The zero-order chi connectivity index (χ0) is 73.2. The Morgan fingerprint density at radius 2 is 0.673 bits per heavy atom. The molecule has 18 aromatic rings. The van der Waals surface area contributed by atoms with E-state index in [1.807, 2.05) is 194 Å². The Morgan fingerprint density at radius 1 is 0.291 bits per heavy atom. The molecule has 14 heteroatoms. The smallest absolute Gasteiger partial charge is 0.251 e. The van der Waals surface area contributed by atoms with E-state index in [4.69, 9.17) is 46.4 Å². The Labute approximate surface area is 634 Å². The van der Waals surface area contributed by atoms with Crippen LogP contribution in [0.4, 0.5) is 39.8 Å². The number of fused-ring (bicyclic) bond motifs is 7. The molecular formula is C96H58BN13. The monoisotopic (exact) mass is 1400 g/mol. The first-order valence-corrected chi connectivity index (χ1v) is 36.3. The normalized spacial score (nSPS) is 11.9. The number of aromatic nitrogens is 9. The first kappa shape index (κ1) is 64.2. The topological polar surface area (TPSA) is 143 Å². The van der Waals surface area contributed by atoms with Crippen LogP contribution in [0.15, 0.2) is 352 Å². The molecule has 0 saturated heterocycles. The molecule has 4 aromatic heterocycles. The van der Waals surface area contributed by atoms with Crippen molar-refractivity contribution < 1.29 is 0 Å². The van der Waals surface area contributed by atoms with E-state index in [0.29, 0.717) is 57.6 Å². The lowest BCUT2D eigenvalue weighted by Crippen LogP contribution is -2.61. The average Bonchev–Trinajstić information content (AvgIpc) is 0.785. The molecule has 0 amide bonds. The fourth-order valence-electron chi connectivity index (χ4n) is 15.6. The summed E-state index contributed by atoms with van der Waals surface area (Å²) in [5.74, 6) is 3.58. The third-order valence-corrected chi connectivity index (χ3v) is 20.7. The number of nitrogens with zero attached hydrogens (tertiary/aromatic N) is 13. The Morgan fingerprint density at radius 3 is 1.14 bits per heavy atom. The van der Waals surface area contributed by atoms with Crippen molar-refractivity contribution in [2.24, 2.45) is 0 Å². The summed E-state index contributed by atoms with van der Waals surface area (Å²) in [5.41, 5.74) is 23.4. The van der Waals surface area contributed by atoms with E-state index >= 15 is 0 Å². The summed E-state index contributed by atoms with van der Waals surface area (Å²) in [6.45, 7) is 8.10. The van der Waals surface area contributed by atoms with E-state index in [0.717, 1.165) is 145 Å². The van der Waals surface area contributed by atoms with Gasteiger partial charge in [0.1, 0.15) is 0 Å². The van der Waals surface area contributed by atoms with Gasteiger partial charge in [-0.05, 0) is 137 Å². The van der Waals surface area contributed by atoms with Crippen LogP contribution in [-0.2, 0) is 0 Å². The Kier molecular flexibility index (Phi) is 15.7. The molecule has 14 aromatic carbocycles. The molecule has 6 heterocycles. The van der Waals surface area contributed by atoms with Gasteiger partial charge in [-0.15, -0.1) is 0 Å². The maximum absolute atomic E-state index is 10.7. The molecule has 0 N–H and O–H groups in total. The van der Waals surface area contributed by atoms with Crippen LogP contribution < -0.4 is 26.2 Å². The van der Waals surface area contributed by atoms with Crippen molar-refractivity contribution in [3.8, 4) is 125 Å². The van der Waals surface area contributed by atoms with E-state index in [1.165, 1.54) is 0 Å². The molecule has 0 spiro atoms. The summed E-state index contributed by atoms with van der Waals surface area (Å²) in [7, 11) is 0. The van der Waals surface area contributed by atoms with Gasteiger partial charge in [-0.1, -0.05) is 243 Å². The molecule has 2 aliphatic heterocycles. The second-order valence-corrected chi connectivity index (χ2v) is 27.2. The highest BCUT2D eigenvalue weighted by atomic mass is 15.2. The van der Waals surface area contributed by atoms with Crippen LogP contribution >= 0.6 is 0 Å². The SMILES string of the molecule is [C-]#[N+]c1ccc2c(c1)N(c1ccccc1)c1cc(-c3ccc4c(c3)c3cc(-c5nc(-c6ccccc6)nc(-c6ccccc6)n5)ccc3n4-c3ccc(-c4nc(-c5ccccc5)cc(-c5ccccc5)n4)cc3-c3nc(-c4ccccc4)nc(-c4ccccc4)n3)cc3c1B2c1ccc(C#N)cc1N3c1ccccc1. The number of anilines is 6. The minimum absolute atomic E-state index is 0.270. The minimum atomic E-state index is -0.270. The lowest BCUT2D eigenvalue weighted by molar-refractivity contribution is 1.06. The van der Waals surface area contributed by atoms with E-state index in [2.05, 4.69) is 183 Å². The lowest BCUT2D eigenvalue weighted by Gasteiger charge is -2.44. The molecular weight excluding hydrogens is 1350 g/mol. The number of rotatable bonds is 13. The van der Waals surface area contributed by atoms with Gasteiger partial charge in [0.05, 0.1) is 46.3 Å². The first-order valence-electron chi connectivity index (χ1n) is 36.3. The summed E-state index contributed by atoms with van der Waals surface area (Å²) < 4.78 is 2.32. The van der Waals surface area contributed by atoms with Crippen molar-refractivity contribution >= 4 is 84.7 Å². The summed E-state index contributed by atoms with van der Waals surface area (Å²) >= 11 is 0. The summed E-state index contributed by atoms with van der Waals surface area (Å²) in [5, 5.41) is 12.5. The van der Waals surface area contributed by atoms with Gasteiger partial charge in [-0.2, -0.15) is 5.26 Å². The minimum Gasteiger partial charge on any atom is -0.313 e. The van der Waals surface area contributed by atoms with Crippen molar-refractivity contribution in [3.63, 3.8) is 0 Å². The Balaban J connectivity index is 0.872. The number of nitriles is 1. The highest BCUT2D eigenvalue weighted by Gasteiger charge is 2.44. The molecule has 20 rings (SSSR count). The van der Waals surface area contributed by atoms with Crippen molar-refractivity contribution in [2.45, 2.75) is 0 Å². The molecule has 0 saturated carbocycles. The molecule has 0 unspecified atom stereocenters. The molecule has 2 aliphatic rings. The van der Waals surface area contributed by atoms with Crippen LogP contribution in [-0.4, -0.2) is 51.2 Å². The van der Waals surface area contributed by atoms with Crippen molar-refractivity contribution in [3.05, 3.63) is 369 Å². The number of hydrogen-bond donors (Lipinski definition) is 0. The van der Waals surface area contributed by atoms with Crippen LogP contribution in [0.3, 0.4) is 0 Å². The predicted octanol–water partition coefficient (Wildman–Crippen LogP) is 21.1. The molecule has 0 bridgehead atoms. The zero-order valence-electron chi connectivity index (χ0n) is 58.9. The van der Waals surface area contributed by atoms with Gasteiger partial charge in [-0.25, -0.2) is 44.7 Å². The first-order chi connectivity index (χ1) is 54.4. The van der Waals surface area contributed by atoms with E-state index in [-0.39, 0.29) is 6.71 Å². The quantitative estimate of drug-likeness (QED) is 0.0804. The predicted molar refractivity (Wildman–Crippen MR) is 443 cm³/mol. The van der Waals surface area contributed by atoms with E-state index in [9.17, 15) is 5.26 Å². The summed E-state index contributed by atoms with van der Waals surface area (Å²) in [6.07, 6.45) is 0. The van der Waals surface area contributed by atoms with E-state index < -0.39 is 0 Å². The molecule has 510 valence electrons. The van der Waals surface area contributed by atoms with Crippen molar-refractivity contribution in [1.82, 2.24) is 44.4 Å². The maximum atomic E-state index is 10.7. The molecule has 110 heavy (non-hydrogen) atoms. The zero-order valence-corrected chi connectivity index (χ0v) is 58.9. The van der Waals surface area contributed by atoms with Crippen LogP contribution in [0.5, 0.6) is 0 Å². The van der Waals surface area contributed by atoms with Crippen LogP contribution in [0.1, 0.15) is 5.56 Å². The Hall–Kier alpha value is -15.4. The standard InChI is InChI=1S/C96H58BN13/c1-99-72-46-48-79-86(58-72)109(74-40-24-9-25-41-74)88-57-71(56-87-89(88)97(79)78-47-42-61(60-98)52-85(78)108(87)73-38-22-8-23-39-73)68-43-49-82-75(53-68)76-54-69(95-104-90(64-30-14-4-15-31-64)102-91(105-95)65-32-16-5-17-33-65)44-50-83(76)110(82)84-51-45-70(94-100-80(62-26-10-2-11-27-62)59-81(101-94)63-28-12-3-13-29-63)55-77(84)96-106-92(66-34-18-6-19-35-66)103-93(107-96)67-36-20-7-21-37-67/h2-59H. The number of para-hydroxylation sites is 2. The largest absolute Gasteiger partial charge is 0.313 e. The molecule has 0 atom stereocenters. The van der Waals surface area contributed by atoms with Gasteiger partial charge in [0, 0.05) is 95.0 Å². The van der Waals surface area contributed by atoms with Gasteiger partial charge in [0.2, 0.25) is 0 Å². The molecule has 0 aliphatic carbocycles. The fourth-order valence-corrected chi connectivity index (χ4v) is 15.6. The maximum Gasteiger partial charge on any atom is 0.251 e. The van der Waals surface area contributed by atoms with Gasteiger partial charge in [0.25, 0.3) is 6.71 Å². The van der Waals surface area contributed by atoms with Gasteiger partial charge in [-0.3, -0.25) is 0 Å². The third-order valence-electron chi connectivity index (χ3n) is 20.7. The highest BCUT2D eigenvalue weighted by molar-refractivity contribution is 7.00. The molecule has 0 fully saturated rings. The fraction of sp³-hybridized carbons (Fsp3) is 0. The van der Waals surface area contributed by atoms with E-state index in [1.54, 1.807) is 0 Å². The summed E-state index contributed by atoms with van der Waals surface area (Å²) in [6, 6.07) is 122. The van der Waals surface area contributed by atoms with Crippen LogP contribution in [0.2, 0.25) is 0 Å².